The molecule has 5 heteroatoms. The maximum atomic E-state index is 5.21. The number of rotatable bonds is 2. The van der Waals surface area contributed by atoms with Crippen LogP contribution in [-0.4, -0.2) is 26.9 Å². The van der Waals surface area contributed by atoms with Crippen LogP contribution >= 0.6 is 0 Å². The summed E-state index contributed by atoms with van der Waals surface area (Å²) >= 11 is 0. The van der Waals surface area contributed by atoms with Crippen LogP contribution in [0.4, 0.5) is 0 Å². The summed E-state index contributed by atoms with van der Waals surface area (Å²) in [6.07, 6.45) is 5.10. The van der Waals surface area contributed by atoms with Crippen molar-refractivity contribution in [1.82, 2.24) is 19.7 Å². The predicted octanol–water partition coefficient (Wildman–Crippen LogP) is 1.82. The Morgan fingerprint density at radius 1 is 1.24 bits per heavy atom. The van der Waals surface area contributed by atoms with Gasteiger partial charge in [0.2, 0.25) is 0 Å². The topological polar surface area (TPSA) is 52.8 Å². The van der Waals surface area contributed by atoms with Gasteiger partial charge in [0.05, 0.1) is 12.6 Å². The molecule has 2 heterocycles. The van der Waals surface area contributed by atoms with Gasteiger partial charge in [-0.15, -0.1) is 0 Å². The molecule has 0 saturated carbocycles. The van der Waals surface area contributed by atoms with Crippen LogP contribution in [0.2, 0.25) is 0 Å². The van der Waals surface area contributed by atoms with Crippen molar-refractivity contribution in [3.8, 4) is 11.6 Å². The highest BCUT2D eigenvalue weighted by Gasteiger charge is 2.06. The monoisotopic (exact) mass is 226 g/mol. The van der Waals surface area contributed by atoms with Crippen molar-refractivity contribution in [1.29, 1.82) is 0 Å². The zero-order valence-electron chi connectivity index (χ0n) is 9.24. The van der Waals surface area contributed by atoms with E-state index in [0.29, 0.717) is 0 Å². The third-order valence-corrected chi connectivity index (χ3v) is 2.54. The summed E-state index contributed by atoms with van der Waals surface area (Å²) in [5, 5.41) is 5.09. The maximum absolute atomic E-state index is 5.21. The van der Waals surface area contributed by atoms with Gasteiger partial charge in [0.1, 0.15) is 12.1 Å². The average molecular weight is 226 g/mol. The molecule has 17 heavy (non-hydrogen) atoms. The first-order valence-corrected chi connectivity index (χ1v) is 5.17. The molecule has 0 amide bonds. The van der Waals surface area contributed by atoms with Crippen LogP contribution in [-0.2, 0) is 0 Å². The molecule has 0 radical (unpaired) electrons. The molecule has 84 valence electrons. The molecule has 0 unspecified atom stereocenters. The van der Waals surface area contributed by atoms with E-state index in [2.05, 4.69) is 15.1 Å². The third kappa shape index (κ3) is 1.61. The Labute approximate surface area is 97.7 Å². The lowest BCUT2D eigenvalue weighted by atomic mass is 10.2. The number of benzene rings is 1. The first-order valence-electron chi connectivity index (χ1n) is 5.17. The van der Waals surface area contributed by atoms with Gasteiger partial charge in [-0.2, -0.15) is 5.10 Å². The van der Waals surface area contributed by atoms with E-state index in [9.17, 15) is 0 Å². The molecule has 0 N–H and O–H groups in total. The second kappa shape index (κ2) is 3.86. The van der Waals surface area contributed by atoms with Gasteiger partial charge in [-0.25, -0.2) is 14.6 Å². The molecule has 0 bridgehead atoms. The molecule has 0 saturated heterocycles. The molecule has 0 fully saturated rings. The molecule has 0 aliphatic heterocycles. The molecular formula is C12H10N4O. The van der Waals surface area contributed by atoms with E-state index in [1.54, 1.807) is 18.0 Å². The maximum Gasteiger partial charge on any atom is 0.164 e. The lowest BCUT2D eigenvalue weighted by Gasteiger charge is -2.06. The van der Waals surface area contributed by atoms with Gasteiger partial charge in [0.15, 0.2) is 5.82 Å². The largest absolute Gasteiger partial charge is 0.497 e. The minimum Gasteiger partial charge on any atom is -0.497 e. The number of fused-ring (bicyclic) bond motifs is 1. The van der Waals surface area contributed by atoms with Crippen LogP contribution in [0.3, 0.4) is 0 Å². The van der Waals surface area contributed by atoms with E-state index in [4.69, 9.17) is 4.74 Å². The van der Waals surface area contributed by atoms with Gasteiger partial charge in [-0.3, -0.25) is 0 Å². The van der Waals surface area contributed by atoms with Gasteiger partial charge in [-0.05, 0) is 24.3 Å². The first-order chi connectivity index (χ1) is 8.38. The van der Waals surface area contributed by atoms with E-state index in [0.717, 1.165) is 22.5 Å². The normalized spacial score (nSPS) is 10.6. The first kappa shape index (κ1) is 9.77. The van der Waals surface area contributed by atoms with Crippen LogP contribution in [0, 0.1) is 0 Å². The van der Waals surface area contributed by atoms with Crippen molar-refractivity contribution in [3.63, 3.8) is 0 Å². The molecule has 0 aliphatic carbocycles. The van der Waals surface area contributed by atoms with Crippen molar-refractivity contribution in [2.75, 3.05) is 7.11 Å². The molecule has 0 aliphatic rings. The van der Waals surface area contributed by atoms with Gasteiger partial charge < -0.3 is 4.74 Å². The zero-order chi connectivity index (χ0) is 11.7. The van der Waals surface area contributed by atoms with E-state index in [1.807, 2.05) is 30.5 Å². The number of hydrogen-bond acceptors (Lipinski definition) is 4. The minimum atomic E-state index is 0.749. The van der Waals surface area contributed by atoms with E-state index >= 15 is 0 Å². The number of methoxy groups -OCH3 is 1. The number of hydrogen-bond donors (Lipinski definition) is 0. The standard InChI is InChI=1S/C12H10N4O/c1-17-9-3-4-11-10(7-9)12(14-8-13-11)16-6-2-5-15-16/h2-8H,1H3. The molecule has 3 aromatic rings. The minimum absolute atomic E-state index is 0.749. The van der Waals surface area contributed by atoms with Crippen molar-refractivity contribution in [3.05, 3.63) is 43.0 Å². The highest BCUT2D eigenvalue weighted by atomic mass is 16.5. The smallest absolute Gasteiger partial charge is 0.164 e. The fourth-order valence-corrected chi connectivity index (χ4v) is 1.73. The Kier molecular flexibility index (Phi) is 2.22. The second-order valence-electron chi connectivity index (χ2n) is 3.53. The van der Waals surface area contributed by atoms with Crippen molar-refractivity contribution in [2.24, 2.45) is 0 Å². The predicted molar refractivity (Wildman–Crippen MR) is 63.2 cm³/mol. The summed E-state index contributed by atoms with van der Waals surface area (Å²) in [7, 11) is 1.64. The van der Waals surface area contributed by atoms with Crippen molar-refractivity contribution in [2.45, 2.75) is 0 Å². The molecule has 0 atom stereocenters. The number of ether oxygens (including phenoxy) is 1. The Balaban J connectivity index is 2.30. The highest BCUT2D eigenvalue weighted by Crippen LogP contribution is 2.22. The Bertz CT molecular complexity index is 649. The van der Waals surface area contributed by atoms with Crippen LogP contribution < -0.4 is 4.74 Å². The molecule has 3 rings (SSSR count). The third-order valence-electron chi connectivity index (χ3n) is 2.54. The van der Waals surface area contributed by atoms with E-state index in [1.165, 1.54) is 6.33 Å². The van der Waals surface area contributed by atoms with E-state index < -0.39 is 0 Å². The quantitative estimate of drug-likeness (QED) is 0.668. The molecule has 5 nitrogen and oxygen atoms in total. The lowest BCUT2D eigenvalue weighted by molar-refractivity contribution is 0.415. The Hall–Kier alpha value is -2.43. The van der Waals surface area contributed by atoms with Crippen molar-refractivity contribution >= 4 is 10.9 Å². The summed E-state index contributed by atoms with van der Waals surface area (Å²) in [5.74, 6) is 1.53. The summed E-state index contributed by atoms with van der Waals surface area (Å²) < 4.78 is 6.92. The molecule has 2 aromatic heterocycles. The van der Waals surface area contributed by atoms with E-state index in [-0.39, 0.29) is 0 Å². The Morgan fingerprint density at radius 3 is 2.94 bits per heavy atom. The van der Waals surface area contributed by atoms with Crippen LogP contribution in [0.1, 0.15) is 0 Å². The summed E-state index contributed by atoms with van der Waals surface area (Å²) in [6.45, 7) is 0. The SMILES string of the molecule is COc1ccc2ncnc(-n3cccn3)c2c1. The zero-order valence-corrected chi connectivity index (χ0v) is 9.24. The molecular weight excluding hydrogens is 216 g/mol. The fourth-order valence-electron chi connectivity index (χ4n) is 1.73. The van der Waals surface area contributed by atoms with Gasteiger partial charge in [0, 0.05) is 17.8 Å². The number of aromatic nitrogens is 4. The average Bonchev–Trinajstić information content (AvgIpc) is 2.91. The molecule has 0 spiro atoms. The fraction of sp³-hybridized carbons (Fsp3) is 0.0833. The second-order valence-corrected chi connectivity index (χ2v) is 3.53. The van der Waals surface area contributed by atoms with Crippen LogP contribution in [0.5, 0.6) is 5.75 Å². The number of nitrogens with zero attached hydrogens (tertiary/aromatic N) is 4. The summed E-state index contributed by atoms with van der Waals surface area (Å²) in [6, 6.07) is 7.55. The summed E-state index contributed by atoms with van der Waals surface area (Å²) in [5.41, 5.74) is 0.867. The highest BCUT2D eigenvalue weighted by molar-refractivity contribution is 5.86. The van der Waals surface area contributed by atoms with Gasteiger partial charge in [0.25, 0.3) is 0 Å². The van der Waals surface area contributed by atoms with Crippen LogP contribution in [0.25, 0.3) is 16.7 Å². The summed E-state index contributed by atoms with van der Waals surface area (Å²) in [4.78, 5) is 8.48. The lowest BCUT2D eigenvalue weighted by Crippen LogP contribution is -2.00. The van der Waals surface area contributed by atoms with Crippen LogP contribution in [0.15, 0.2) is 43.0 Å². The Morgan fingerprint density at radius 2 is 2.18 bits per heavy atom. The molecule has 1 aromatic carbocycles. The van der Waals surface area contributed by atoms with Gasteiger partial charge >= 0.3 is 0 Å². The van der Waals surface area contributed by atoms with Crippen molar-refractivity contribution < 1.29 is 4.74 Å². The van der Waals surface area contributed by atoms with Gasteiger partial charge in [-0.1, -0.05) is 0 Å².